The number of amides is 2. The van der Waals surface area contributed by atoms with E-state index in [1.165, 1.54) is 0 Å². The Labute approximate surface area is 188 Å². The van der Waals surface area contributed by atoms with E-state index in [0.717, 1.165) is 36.8 Å². The number of anilines is 2. The van der Waals surface area contributed by atoms with Crippen molar-refractivity contribution in [3.8, 4) is 5.75 Å². The van der Waals surface area contributed by atoms with Crippen molar-refractivity contribution in [2.75, 3.05) is 17.7 Å². The largest absolute Gasteiger partial charge is 0.494 e. The van der Waals surface area contributed by atoms with Gasteiger partial charge in [0, 0.05) is 17.3 Å². The second-order valence-corrected chi connectivity index (χ2v) is 8.35. The van der Waals surface area contributed by atoms with Crippen LogP contribution in [0.1, 0.15) is 47.2 Å². The fourth-order valence-corrected chi connectivity index (χ4v) is 4.49. The highest BCUT2D eigenvalue weighted by Crippen LogP contribution is 2.42. The molecule has 1 saturated carbocycles. The molecule has 1 aliphatic carbocycles. The SMILES string of the molecule is COc1cc(NC(=O)C2(c3ccccc3)CCCC2)ccc1NC(=O)c1cccc(C)c1. The molecule has 2 N–H and O–H groups in total. The van der Waals surface area contributed by atoms with E-state index in [-0.39, 0.29) is 11.8 Å². The number of benzene rings is 3. The Balaban J connectivity index is 1.54. The van der Waals surface area contributed by atoms with Crippen LogP contribution in [0.2, 0.25) is 0 Å². The van der Waals surface area contributed by atoms with Crippen molar-refractivity contribution in [2.45, 2.75) is 38.0 Å². The van der Waals surface area contributed by atoms with E-state index in [2.05, 4.69) is 10.6 Å². The summed E-state index contributed by atoms with van der Waals surface area (Å²) in [6.07, 6.45) is 3.75. The van der Waals surface area contributed by atoms with Gasteiger partial charge in [-0.05, 0) is 49.6 Å². The number of methoxy groups -OCH3 is 1. The summed E-state index contributed by atoms with van der Waals surface area (Å²) in [5.74, 6) is 0.279. The van der Waals surface area contributed by atoms with Gasteiger partial charge in [-0.2, -0.15) is 0 Å². The van der Waals surface area contributed by atoms with Crippen LogP contribution in [0.3, 0.4) is 0 Å². The lowest BCUT2D eigenvalue weighted by Gasteiger charge is -2.28. The number of hydrogen-bond acceptors (Lipinski definition) is 3. The van der Waals surface area contributed by atoms with Gasteiger partial charge in [-0.25, -0.2) is 0 Å². The van der Waals surface area contributed by atoms with E-state index >= 15 is 0 Å². The number of aryl methyl sites for hydroxylation is 1. The normalized spacial score (nSPS) is 14.6. The first kappa shape index (κ1) is 21.6. The molecule has 0 aliphatic heterocycles. The molecule has 32 heavy (non-hydrogen) atoms. The van der Waals surface area contributed by atoms with E-state index in [4.69, 9.17) is 4.74 Å². The molecule has 1 aliphatic rings. The topological polar surface area (TPSA) is 67.4 Å². The summed E-state index contributed by atoms with van der Waals surface area (Å²) in [5.41, 5.74) is 3.34. The molecule has 0 bridgehead atoms. The van der Waals surface area contributed by atoms with E-state index in [1.54, 1.807) is 31.4 Å². The minimum atomic E-state index is -0.507. The molecule has 0 spiro atoms. The number of ether oxygens (including phenoxy) is 1. The highest BCUT2D eigenvalue weighted by molar-refractivity contribution is 6.05. The number of carbonyl (C=O) groups excluding carboxylic acids is 2. The van der Waals surface area contributed by atoms with Crippen molar-refractivity contribution >= 4 is 23.2 Å². The van der Waals surface area contributed by atoms with Crippen LogP contribution in [0.15, 0.2) is 72.8 Å². The summed E-state index contributed by atoms with van der Waals surface area (Å²) in [6, 6.07) is 22.7. The fraction of sp³-hybridized carbons (Fsp3) is 0.259. The van der Waals surface area contributed by atoms with Crippen molar-refractivity contribution in [2.24, 2.45) is 0 Å². The zero-order chi connectivity index (χ0) is 22.6. The Morgan fingerprint density at radius 1 is 0.875 bits per heavy atom. The molecule has 1 fully saturated rings. The van der Waals surface area contributed by atoms with Gasteiger partial charge < -0.3 is 15.4 Å². The summed E-state index contributed by atoms with van der Waals surface area (Å²) in [6.45, 7) is 1.95. The van der Waals surface area contributed by atoms with Gasteiger partial charge in [0.25, 0.3) is 5.91 Å². The lowest BCUT2D eigenvalue weighted by atomic mass is 9.78. The van der Waals surface area contributed by atoms with Crippen molar-refractivity contribution in [3.05, 3.63) is 89.5 Å². The molecule has 0 unspecified atom stereocenters. The third-order valence-corrected chi connectivity index (χ3v) is 6.21. The first-order valence-corrected chi connectivity index (χ1v) is 10.9. The smallest absolute Gasteiger partial charge is 0.255 e. The van der Waals surface area contributed by atoms with Gasteiger partial charge in [0.05, 0.1) is 18.2 Å². The highest BCUT2D eigenvalue weighted by Gasteiger charge is 2.42. The van der Waals surface area contributed by atoms with Gasteiger partial charge in [0.2, 0.25) is 5.91 Å². The number of hydrogen-bond donors (Lipinski definition) is 2. The first-order chi connectivity index (χ1) is 15.5. The Morgan fingerprint density at radius 3 is 2.31 bits per heavy atom. The van der Waals surface area contributed by atoms with Crippen LogP contribution in [-0.4, -0.2) is 18.9 Å². The summed E-state index contributed by atoms with van der Waals surface area (Å²) >= 11 is 0. The summed E-state index contributed by atoms with van der Waals surface area (Å²) in [5, 5.41) is 5.98. The molecule has 3 aromatic carbocycles. The third-order valence-electron chi connectivity index (χ3n) is 6.21. The lowest BCUT2D eigenvalue weighted by Crippen LogP contribution is -2.37. The Hall–Kier alpha value is -3.60. The summed E-state index contributed by atoms with van der Waals surface area (Å²) < 4.78 is 5.50. The van der Waals surface area contributed by atoms with Gasteiger partial charge >= 0.3 is 0 Å². The van der Waals surface area contributed by atoms with Crippen LogP contribution in [0.4, 0.5) is 11.4 Å². The van der Waals surface area contributed by atoms with Crippen LogP contribution in [-0.2, 0) is 10.2 Å². The van der Waals surface area contributed by atoms with Crippen LogP contribution in [0.5, 0.6) is 5.75 Å². The predicted molar refractivity (Wildman–Crippen MR) is 127 cm³/mol. The number of nitrogens with one attached hydrogen (secondary N) is 2. The number of rotatable bonds is 6. The highest BCUT2D eigenvalue weighted by atomic mass is 16.5. The number of carbonyl (C=O) groups is 2. The summed E-state index contributed by atoms with van der Waals surface area (Å²) in [7, 11) is 1.55. The van der Waals surface area contributed by atoms with Crippen molar-refractivity contribution < 1.29 is 14.3 Å². The minimum absolute atomic E-state index is 0.000186. The van der Waals surface area contributed by atoms with Crippen LogP contribution in [0.25, 0.3) is 0 Å². The predicted octanol–water partition coefficient (Wildman–Crippen LogP) is 5.71. The van der Waals surface area contributed by atoms with E-state index in [9.17, 15) is 9.59 Å². The van der Waals surface area contributed by atoms with Crippen molar-refractivity contribution in [3.63, 3.8) is 0 Å². The third kappa shape index (κ3) is 4.37. The van der Waals surface area contributed by atoms with Gasteiger partial charge in [-0.3, -0.25) is 9.59 Å². The van der Waals surface area contributed by atoms with Gasteiger partial charge in [-0.15, -0.1) is 0 Å². The molecule has 0 saturated heterocycles. The van der Waals surface area contributed by atoms with Crippen molar-refractivity contribution in [1.82, 2.24) is 0 Å². The molecule has 164 valence electrons. The first-order valence-electron chi connectivity index (χ1n) is 10.9. The van der Waals surface area contributed by atoms with Crippen LogP contribution < -0.4 is 15.4 Å². The Morgan fingerprint density at radius 2 is 1.62 bits per heavy atom. The fourth-order valence-electron chi connectivity index (χ4n) is 4.49. The molecular weight excluding hydrogens is 400 g/mol. The maximum absolute atomic E-state index is 13.4. The van der Waals surface area contributed by atoms with E-state index < -0.39 is 5.41 Å². The van der Waals surface area contributed by atoms with Gasteiger partial charge in [0.15, 0.2) is 0 Å². The molecule has 3 aromatic rings. The van der Waals surface area contributed by atoms with Gasteiger partial charge in [-0.1, -0.05) is 60.9 Å². The van der Waals surface area contributed by atoms with E-state index in [1.807, 2.05) is 55.5 Å². The second kappa shape index (κ2) is 9.27. The van der Waals surface area contributed by atoms with Crippen LogP contribution >= 0.6 is 0 Å². The maximum Gasteiger partial charge on any atom is 0.255 e. The zero-order valence-corrected chi connectivity index (χ0v) is 18.5. The van der Waals surface area contributed by atoms with Gasteiger partial charge in [0.1, 0.15) is 5.75 Å². The van der Waals surface area contributed by atoms with E-state index in [0.29, 0.717) is 22.7 Å². The zero-order valence-electron chi connectivity index (χ0n) is 18.5. The molecule has 0 radical (unpaired) electrons. The monoisotopic (exact) mass is 428 g/mol. The lowest BCUT2D eigenvalue weighted by molar-refractivity contribution is -0.121. The Bertz CT molecular complexity index is 1120. The summed E-state index contributed by atoms with van der Waals surface area (Å²) in [4.78, 5) is 26.0. The van der Waals surface area contributed by atoms with Crippen molar-refractivity contribution in [1.29, 1.82) is 0 Å². The molecule has 4 rings (SSSR count). The second-order valence-electron chi connectivity index (χ2n) is 8.35. The Kier molecular flexibility index (Phi) is 6.26. The molecule has 0 heterocycles. The average Bonchev–Trinajstić information content (AvgIpc) is 3.32. The molecule has 2 amide bonds. The minimum Gasteiger partial charge on any atom is -0.494 e. The average molecular weight is 429 g/mol. The standard InChI is InChI=1S/C27H28N2O3/c1-19-9-8-10-20(17-19)25(30)29-23-14-13-22(18-24(23)32-2)28-26(31)27(15-6-7-16-27)21-11-4-3-5-12-21/h3-5,8-14,17-18H,6-7,15-16H2,1-2H3,(H,28,31)(H,29,30). The molecular formula is C27H28N2O3. The molecule has 5 heteroatoms. The van der Waals surface area contributed by atoms with Crippen LogP contribution in [0, 0.1) is 6.92 Å². The molecule has 5 nitrogen and oxygen atoms in total. The molecule has 0 atom stereocenters. The maximum atomic E-state index is 13.4. The quantitative estimate of drug-likeness (QED) is 0.529. The molecule has 0 aromatic heterocycles.